The zero-order chi connectivity index (χ0) is 29.0. The van der Waals surface area contributed by atoms with Crippen molar-refractivity contribution < 1.29 is 33.0 Å². The lowest BCUT2D eigenvalue weighted by Crippen LogP contribution is -2.37. The summed E-state index contributed by atoms with van der Waals surface area (Å²) in [6, 6.07) is 7.26. The van der Waals surface area contributed by atoms with E-state index in [0.29, 0.717) is 17.0 Å². The Kier molecular flexibility index (Phi) is 8.92. The number of imidazole rings is 1. The van der Waals surface area contributed by atoms with Crippen LogP contribution in [0, 0.1) is 18.3 Å². The van der Waals surface area contributed by atoms with E-state index in [1.807, 2.05) is 0 Å². The van der Waals surface area contributed by atoms with Crippen LogP contribution in [0.15, 0.2) is 36.7 Å². The minimum Gasteiger partial charge on any atom is -0.462 e. The average molecular weight is 574 g/mol. The number of fused-ring (bicyclic) bond motifs is 1. The van der Waals surface area contributed by atoms with Crippen LogP contribution in [0.1, 0.15) is 27.0 Å². The fraction of sp³-hybridized carbons (Fsp3) is 0.440. The van der Waals surface area contributed by atoms with Crippen LogP contribution in [-0.4, -0.2) is 68.6 Å². The number of hydrogen-bond acceptors (Lipinski definition) is 12. The molecule has 40 heavy (non-hydrogen) atoms. The van der Waals surface area contributed by atoms with Crippen molar-refractivity contribution in [3.05, 3.63) is 36.7 Å². The molecule has 1 fully saturated rings. The number of aromatic nitrogens is 4. The Morgan fingerprint density at radius 2 is 2.02 bits per heavy atom. The number of aliphatic hydroxyl groups is 1. The maximum absolute atomic E-state index is 13.8. The summed E-state index contributed by atoms with van der Waals surface area (Å²) in [4.78, 5) is 25.1. The van der Waals surface area contributed by atoms with Gasteiger partial charge in [0, 0.05) is 7.05 Å². The molecule has 1 aliphatic heterocycles. The van der Waals surface area contributed by atoms with Gasteiger partial charge in [0.05, 0.1) is 25.0 Å². The molecule has 6 atom stereocenters. The highest BCUT2D eigenvalue weighted by molar-refractivity contribution is 7.52. The number of nitrogens with one attached hydrogen (secondary N) is 2. The number of nitrogens with two attached hydrogens (primary N) is 1. The van der Waals surface area contributed by atoms with Gasteiger partial charge >= 0.3 is 13.7 Å². The van der Waals surface area contributed by atoms with Gasteiger partial charge in [-0.05, 0) is 32.9 Å². The number of nitrogens with zero attached hydrogens (tertiary/aromatic N) is 4. The number of terminal acetylenes is 1. The number of hydrogen-bond donors (Lipinski definition) is 4. The van der Waals surface area contributed by atoms with Gasteiger partial charge in [0.2, 0.25) is 5.95 Å². The molecular formula is C25H32N7O7P. The molecule has 214 valence electrons. The minimum atomic E-state index is -4.20. The predicted octanol–water partition coefficient (Wildman–Crippen LogP) is 2.09. The molecule has 0 spiro atoms. The molecule has 0 saturated carbocycles. The Morgan fingerprint density at radius 1 is 1.30 bits per heavy atom. The van der Waals surface area contributed by atoms with Crippen LogP contribution in [0.4, 0.5) is 11.8 Å². The van der Waals surface area contributed by atoms with Gasteiger partial charge < -0.3 is 30.2 Å². The van der Waals surface area contributed by atoms with Gasteiger partial charge in [-0.3, -0.25) is 13.9 Å². The predicted molar refractivity (Wildman–Crippen MR) is 146 cm³/mol. The summed E-state index contributed by atoms with van der Waals surface area (Å²) in [5.74, 6) is 1.70. The van der Waals surface area contributed by atoms with Crippen LogP contribution < -0.4 is 20.7 Å². The van der Waals surface area contributed by atoms with Gasteiger partial charge in [0.15, 0.2) is 23.2 Å². The van der Waals surface area contributed by atoms with Gasteiger partial charge in [-0.15, -0.1) is 6.42 Å². The van der Waals surface area contributed by atoms with E-state index < -0.39 is 50.7 Å². The van der Waals surface area contributed by atoms with Crippen LogP contribution in [-0.2, 0) is 23.4 Å². The molecule has 4 rings (SSSR count). The lowest BCUT2D eigenvalue weighted by molar-refractivity contribution is -0.149. The highest BCUT2D eigenvalue weighted by Crippen LogP contribution is 2.46. The van der Waals surface area contributed by atoms with E-state index in [1.165, 1.54) is 13.3 Å². The molecule has 3 aromatic rings. The van der Waals surface area contributed by atoms with E-state index in [1.54, 1.807) is 55.8 Å². The number of ether oxygens (including phenoxy) is 2. The van der Waals surface area contributed by atoms with E-state index in [-0.39, 0.29) is 17.8 Å². The summed E-state index contributed by atoms with van der Waals surface area (Å²) in [5, 5.41) is 16.5. The molecule has 0 unspecified atom stereocenters. The Bertz CT molecular complexity index is 1430. The summed E-state index contributed by atoms with van der Waals surface area (Å²) >= 11 is 0. The van der Waals surface area contributed by atoms with Crippen molar-refractivity contribution in [2.24, 2.45) is 5.92 Å². The van der Waals surface area contributed by atoms with Crippen molar-refractivity contribution in [2.45, 2.75) is 51.4 Å². The highest BCUT2D eigenvalue weighted by atomic mass is 31.2. The zero-order valence-corrected chi connectivity index (χ0v) is 23.3. The van der Waals surface area contributed by atoms with Gasteiger partial charge in [-0.1, -0.05) is 24.1 Å². The maximum Gasteiger partial charge on any atom is 0.459 e. The number of carbonyl (C=O) groups excluding carboxylic acids is 1. The number of rotatable bonds is 11. The molecule has 15 heteroatoms. The van der Waals surface area contributed by atoms with Crippen molar-refractivity contribution in [2.75, 3.05) is 24.7 Å². The molecular weight excluding hydrogens is 541 g/mol. The topological polar surface area (TPSA) is 185 Å². The second kappa shape index (κ2) is 12.2. The summed E-state index contributed by atoms with van der Waals surface area (Å²) in [7, 11) is -2.53. The molecule has 0 radical (unpaired) electrons. The van der Waals surface area contributed by atoms with Crippen molar-refractivity contribution in [3.8, 4) is 18.1 Å². The second-order valence-electron chi connectivity index (χ2n) is 9.29. The van der Waals surface area contributed by atoms with Crippen molar-refractivity contribution in [1.29, 1.82) is 0 Å². The van der Waals surface area contributed by atoms with Crippen LogP contribution in [0.3, 0.4) is 0 Å². The number of anilines is 2. The molecule has 0 aliphatic carbocycles. The monoisotopic (exact) mass is 573 g/mol. The highest BCUT2D eigenvalue weighted by Gasteiger charge is 2.46. The lowest BCUT2D eigenvalue weighted by Gasteiger charge is -2.25. The number of benzene rings is 1. The van der Waals surface area contributed by atoms with Crippen molar-refractivity contribution in [3.63, 3.8) is 0 Å². The Balaban J connectivity index is 1.56. The first-order valence-corrected chi connectivity index (χ1v) is 14.0. The van der Waals surface area contributed by atoms with E-state index in [0.717, 1.165) is 0 Å². The minimum absolute atomic E-state index is 0.00414. The maximum atomic E-state index is 13.8. The second-order valence-corrected chi connectivity index (χ2v) is 11.0. The lowest BCUT2D eigenvalue weighted by atomic mass is 10.0. The average Bonchev–Trinajstić information content (AvgIpc) is 3.47. The van der Waals surface area contributed by atoms with E-state index in [9.17, 15) is 14.5 Å². The summed E-state index contributed by atoms with van der Waals surface area (Å²) in [6.07, 6.45) is 3.69. The third-order valence-corrected chi connectivity index (χ3v) is 7.59. The molecule has 5 N–H and O–H groups in total. The van der Waals surface area contributed by atoms with E-state index >= 15 is 0 Å². The smallest absolute Gasteiger partial charge is 0.459 e. The van der Waals surface area contributed by atoms with Crippen LogP contribution in [0.25, 0.3) is 11.2 Å². The van der Waals surface area contributed by atoms with Gasteiger partial charge in [0.25, 0.3) is 0 Å². The summed E-state index contributed by atoms with van der Waals surface area (Å²) in [5.41, 5.74) is 6.63. The fourth-order valence-corrected chi connectivity index (χ4v) is 5.60. The van der Waals surface area contributed by atoms with Gasteiger partial charge in [-0.2, -0.15) is 15.1 Å². The summed E-state index contributed by atoms with van der Waals surface area (Å²) in [6.45, 7) is 4.46. The van der Waals surface area contributed by atoms with E-state index in [4.69, 9.17) is 30.7 Å². The van der Waals surface area contributed by atoms with Crippen molar-refractivity contribution in [1.82, 2.24) is 24.6 Å². The van der Waals surface area contributed by atoms with Crippen LogP contribution >= 0.6 is 7.75 Å². The number of aliphatic hydroxyl groups excluding tert-OH is 1. The first-order valence-electron chi connectivity index (χ1n) is 12.5. The number of carbonyl (C=O) groups is 1. The Morgan fingerprint density at radius 3 is 2.67 bits per heavy atom. The zero-order valence-electron chi connectivity index (χ0n) is 22.4. The SMILES string of the molecule is C#C[C@H]1[C@H](O)[C@@H](CO[P@](=O)(N[C@H](C)C(=O)OC(C)C)Oc2ccccc2)O[C@H]1n1cnc2c(NC)nc(N)nc21. The van der Waals surface area contributed by atoms with Crippen molar-refractivity contribution >= 4 is 36.6 Å². The molecule has 0 bridgehead atoms. The van der Waals surface area contributed by atoms with Gasteiger partial charge in [-0.25, -0.2) is 9.55 Å². The number of nitrogen functional groups attached to an aromatic ring is 1. The first-order chi connectivity index (χ1) is 19.0. The molecule has 0 amide bonds. The van der Waals surface area contributed by atoms with Crippen LogP contribution in [0.5, 0.6) is 5.75 Å². The number of para-hydroxylation sites is 1. The molecule has 1 aromatic carbocycles. The largest absolute Gasteiger partial charge is 0.462 e. The van der Waals surface area contributed by atoms with Crippen LogP contribution in [0.2, 0.25) is 0 Å². The molecule has 2 aromatic heterocycles. The summed E-state index contributed by atoms with van der Waals surface area (Å²) < 4.78 is 38.0. The quantitative estimate of drug-likeness (QED) is 0.149. The Hall–Kier alpha value is -3.73. The normalized spacial score (nSPS) is 22.9. The molecule has 1 saturated heterocycles. The molecule has 1 aliphatic rings. The first kappa shape index (κ1) is 29.3. The molecule has 3 heterocycles. The fourth-order valence-electron chi connectivity index (χ4n) is 4.10. The van der Waals surface area contributed by atoms with Gasteiger partial charge in [0.1, 0.15) is 24.0 Å². The Labute approximate surface area is 231 Å². The molecule has 14 nitrogen and oxygen atoms in total. The third kappa shape index (κ3) is 6.35. The standard InChI is InChI=1S/C25H32N7O7P/c1-6-17-20(33)18(38-23(17)32-13-28-19-21(27-5)29-25(26)30-22(19)32)12-36-40(35,39-16-10-8-7-9-11-16)31-15(4)24(34)37-14(2)3/h1,7-11,13-15,17-18,20,23,33H,12H2,2-5H3,(H,31,35)(H3,26,27,29,30)/t15-,17+,18-,20+,23-,40-/m1/s1. The van der Waals surface area contributed by atoms with E-state index in [2.05, 4.69) is 31.3 Å². The number of esters is 1. The third-order valence-electron chi connectivity index (χ3n) is 5.95.